The lowest BCUT2D eigenvalue weighted by molar-refractivity contribution is 0.478. The average molecular weight is 177 g/mol. The number of nitrogens with zero attached hydrogens (tertiary/aromatic N) is 2. The maximum absolute atomic E-state index is 4.05. The number of hydrogen-bond donors (Lipinski definition) is 2. The average Bonchev–Trinajstić information content (AvgIpc) is 2.21. The fraction of sp³-hybridized carbons (Fsp3) is 0.556. The summed E-state index contributed by atoms with van der Waals surface area (Å²) in [7, 11) is 0. The second-order valence-electron chi connectivity index (χ2n) is 3.20. The van der Waals surface area contributed by atoms with E-state index in [-0.39, 0.29) is 0 Å². The van der Waals surface area contributed by atoms with E-state index in [0.717, 1.165) is 31.7 Å². The molecule has 4 nitrogen and oxygen atoms in total. The third-order valence-electron chi connectivity index (χ3n) is 2.21. The first-order chi connectivity index (χ1) is 6.45. The van der Waals surface area contributed by atoms with Crippen LogP contribution >= 0.6 is 0 Å². The molecule has 2 heterocycles. The zero-order valence-electron chi connectivity index (χ0n) is 7.45. The van der Waals surface area contributed by atoms with Crippen LogP contribution in [0.1, 0.15) is 12.8 Å². The van der Waals surface area contributed by atoms with Crippen molar-refractivity contribution in [3.63, 3.8) is 0 Å². The van der Waals surface area contributed by atoms with Gasteiger partial charge in [0.1, 0.15) is 12.0 Å². The first-order valence-corrected chi connectivity index (χ1v) is 4.60. The summed E-state index contributed by atoms with van der Waals surface area (Å²) in [5.74, 6) is 0.828. The summed E-state index contributed by atoms with van der Waals surface area (Å²) in [5.41, 5.74) is 0. The van der Waals surface area contributed by atoms with Crippen molar-refractivity contribution < 1.29 is 0 Å². The van der Waals surface area contributed by atoms with E-state index in [0.29, 0.717) is 6.04 Å². The van der Waals surface area contributed by atoms with E-state index < -0.39 is 0 Å². The Hall–Kier alpha value is -1.16. The number of nitrogens with one attached hydrogen (secondary N) is 2. The summed E-state index contributed by atoms with van der Waals surface area (Å²) in [6, 6.07) is 0.534. The molecule has 1 aromatic rings. The Bertz CT molecular complexity index is 243. The summed E-state index contributed by atoms with van der Waals surface area (Å²) in [5, 5.41) is 6.65. The van der Waals surface area contributed by atoms with Crippen LogP contribution in [0, 0.1) is 6.20 Å². The maximum atomic E-state index is 4.05. The van der Waals surface area contributed by atoms with Crippen LogP contribution < -0.4 is 10.6 Å². The van der Waals surface area contributed by atoms with Crippen molar-refractivity contribution in [2.45, 2.75) is 18.9 Å². The zero-order chi connectivity index (χ0) is 8.93. The molecule has 1 radical (unpaired) electrons. The molecule has 1 aliphatic rings. The fourth-order valence-electron chi connectivity index (χ4n) is 1.51. The van der Waals surface area contributed by atoms with Gasteiger partial charge in [-0.05, 0) is 25.9 Å². The van der Waals surface area contributed by atoms with E-state index in [1.54, 1.807) is 12.4 Å². The SMILES string of the molecule is [c]1cncc(NC2CCNCC2)n1. The number of aromatic nitrogens is 2. The highest BCUT2D eigenvalue weighted by atomic mass is 15.0. The summed E-state index contributed by atoms with van der Waals surface area (Å²) in [6.07, 6.45) is 8.31. The first-order valence-electron chi connectivity index (χ1n) is 4.60. The van der Waals surface area contributed by atoms with Gasteiger partial charge in [-0.25, -0.2) is 4.98 Å². The van der Waals surface area contributed by atoms with E-state index in [1.165, 1.54) is 0 Å². The van der Waals surface area contributed by atoms with Gasteiger partial charge in [0.2, 0.25) is 0 Å². The van der Waals surface area contributed by atoms with Gasteiger partial charge >= 0.3 is 0 Å². The number of piperidine rings is 1. The Balaban J connectivity index is 1.90. The molecular formula is C9H13N4. The lowest BCUT2D eigenvalue weighted by Crippen LogP contribution is -2.35. The van der Waals surface area contributed by atoms with Gasteiger partial charge in [-0.1, -0.05) is 0 Å². The van der Waals surface area contributed by atoms with Crippen molar-refractivity contribution in [1.29, 1.82) is 0 Å². The Labute approximate surface area is 77.8 Å². The molecule has 0 bridgehead atoms. The van der Waals surface area contributed by atoms with Crippen LogP contribution in [0.4, 0.5) is 5.82 Å². The molecule has 1 aliphatic heterocycles. The minimum Gasteiger partial charge on any atom is -0.366 e. The van der Waals surface area contributed by atoms with Crippen LogP contribution in [0.25, 0.3) is 0 Å². The monoisotopic (exact) mass is 177 g/mol. The number of anilines is 1. The molecular weight excluding hydrogens is 164 g/mol. The van der Waals surface area contributed by atoms with Crippen LogP contribution in [0.5, 0.6) is 0 Å². The van der Waals surface area contributed by atoms with Gasteiger partial charge in [0.05, 0.1) is 12.4 Å². The van der Waals surface area contributed by atoms with Crippen molar-refractivity contribution in [2.24, 2.45) is 0 Å². The van der Waals surface area contributed by atoms with E-state index in [4.69, 9.17) is 0 Å². The molecule has 1 saturated heterocycles. The summed E-state index contributed by atoms with van der Waals surface area (Å²) in [4.78, 5) is 8.01. The van der Waals surface area contributed by atoms with Gasteiger partial charge < -0.3 is 10.6 Å². The van der Waals surface area contributed by atoms with Crippen molar-refractivity contribution in [2.75, 3.05) is 18.4 Å². The molecule has 2 N–H and O–H groups in total. The molecule has 0 saturated carbocycles. The van der Waals surface area contributed by atoms with E-state index in [9.17, 15) is 0 Å². The highest BCUT2D eigenvalue weighted by molar-refractivity contribution is 5.31. The Kier molecular flexibility index (Phi) is 2.72. The number of hydrogen-bond acceptors (Lipinski definition) is 4. The van der Waals surface area contributed by atoms with Gasteiger partial charge in [0.25, 0.3) is 0 Å². The van der Waals surface area contributed by atoms with E-state index in [1.807, 2.05) is 0 Å². The molecule has 0 aromatic carbocycles. The van der Waals surface area contributed by atoms with Crippen LogP contribution in [-0.4, -0.2) is 29.1 Å². The highest BCUT2D eigenvalue weighted by Gasteiger charge is 2.12. The lowest BCUT2D eigenvalue weighted by Gasteiger charge is -2.23. The predicted octanol–water partition coefficient (Wildman–Crippen LogP) is 0.441. The first kappa shape index (κ1) is 8.44. The summed E-state index contributed by atoms with van der Waals surface area (Å²) in [6.45, 7) is 2.17. The van der Waals surface area contributed by atoms with Gasteiger partial charge in [0.15, 0.2) is 0 Å². The third kappa shape index (κ3) is 2.39. The van der Waals surface area contributed by atoms with E-state index in [2.05, 4.69) is 26.8 Å². The topological polar surface area (TPSA) is 49.8 Å². The van der Waals surface area contributed by atoms with Crippen molar-refractivity contribution in [1.82, 2.24) is 15.3 Å². The van der Waals surface area contributed by atoms with Gasteiger partial charge in [0, 0.05) is 6.04 Å². The molecule has 0 spiro atoms. The van der Waals surface area contributed by atoms with Crippen LogP contribution in [0.15, 0.2) is 12.4 Å². The molecule has 0 aliphatic carbocycles. The lowest BCUT2D eigenvalue weighted by atomic mass is 10.1. The molecule has 4 heteroatoms. The normalized spacial score (nSPS) is 18.5. The fourth-order valence-corrected chi connectivity index (χ4v) is 1.51. The standard InChI is InChI=1S/C9H13N4/c1-3-10-4-2-8(1)13-9-7-11-5-6-12-9/h5,7-8,10H,1-4H2,(H,12,13). The van der Waals surface area contributed by atoms with E-state index >= 15 is 0 Å². The Morgan fingerprint density at radius 3 is 3.00 bits per heavy atom. The third-order valence-corrected chi connectivity index (χ3v) is 2.21. The van der Waals surface area contributed by atoms with Gasteiger partial charge in [-0.3, -0.25) is 4.98 Å². The summed E-state index contributed by atoms with van der Waals surface area (Å²) >= 11 is 0. The molecule has 2 rings (SSSR count). The Morgan fingerprint density at radius 2 is 2.31 bits per heavy atom. The molecule has 69 valence electrons. The largest absolute Gasteiger partial charge is 0.366 e. The zero-order valence-corrected chi connectivity index (χ0v) is 7.45. The Morgan fingerprint density at radius 1 is 1.46 bits per heavy atom. The predicted molar refractivity (Wildman–Crippen MR) is 50.4 cm³/mol. The molecule has 1 fully saturated rings. The van der Waals surface area contributed by atoms with Gasteiger partial charge in [-0.15, -0.1) is 0 Å². The van der Waals surface area contributed by atoms with Crippen LogP contribution in [0.2, 0.25) is 0 Å². The van der Waals surface area contributed by atoms with Gasteiger partial charge in [-0.2, -0.15) is 0 Å². The number of rotatable bonds is 2. The maximum Gasteiger partial charge on any atom is 0.145 e. The highest BCUT2D eigenvalue weighted by Crippen LogP contribution is 2.08. The van der Waals surface area contributed by atoms with Crippen LogP contribution in [0.3, 0.4) is 0 Å². The molecule has 1 aromatic heterocycles. The minimum absolute atomic E-state index is 0.534. The molecule has 0 unspecified atom stereocenters. The second-order valence-corrected chi connectivity index (χ2v) is 3.20. The van der Waals surface area contributed by atoms with Crippen LogP contribution in [-0.2, 0) is 0 Å². The smallest absolute Gasteiger partial charge is 0.145 e. The van der Waals surface area contributed by atoms with Crippen molar-refractivity contribution in [3.8, 4) is 0 Å². The molecule has 0 atom stereocenters. The van der Waals surface area contributed by atoms with Crippen molar-refractivity contribution in [3.05, 3.63) is 18.6 Å². The molecule has 13 heavy (non-hydrogen) atoms. The summed E-state index contributed by atoms with van der Waals surface area (Å²) < 4.78 is 0. The second kappa shape index (κ2) is 4.18. The quantitative estimate of drug-likeness (QED) is 0.688. The van der Waals surface area contributed by atoms with Crippen molar-refractivity contribution >= 4 is 5.82 Å². The molecule has 0 amide bonds. The minimum atomic E-state index is 0.534.